The summed E-state index contributed by atoms with van der Waals surface area (Å²) in [5.41, 5.74) is -0.908. The molecule has 0 unspecified atom stereocenters. The van der Waals surface area contributed by atoms with Gasteiger partial charge in [-0.1, -0.05) is 27.7 Å². The van der Waals surface area contributed by atoms with Crippen LogP contribution >= 0.6 is 0 Å². The van der Waals surface area contributed by atoms with E-state index in [0.717, 1.165) is 32.4 Å². The summed E-state index contributed by atoms with van der Waals surface area (Å²) in [6.07, 6.45) is 4.57. The number of hydrogen-bond donors (Lipinski definition) is 0. The van der Waals surface area contributed by atoms with Gasteiger partial charge >= 0.3 is 0 Å². The van der Waals surface area contributed by atoms with E-state index in [0.29, 0.717) is 18.1 Å². The lowest BCUT2D eigenvalue weighted by atomic mass is 9.64. The molecule has 0 radical (unpaired) electrons. The smallest absolute Gasteiger partial charge is 0.229 e. The van der Waals surface area contributed by atoms with Crippen LogP contribution in [0.5, 0.6) is 0 Å². The van der Waals surface area contributed by atoms with E-state index in [1.54, 1.807) is 0 Å². The lowest BCUT2D eigenvalue weighted by Crippen LogP contribution is -2.51. The van der Waals surface area contributed by atoms with Crippen LogP contribution in [0.1, 0.15) is 59.8 Å². The Morgan fingerprint density at radius 2 is 1.95 bits per heavy atom. The van der Waals surface area contributed by atoms with E-state index >= 15 is 0 Å². The first-order valence-electron chi connectivity index (χ1n) is 8.07. The molecule has 0 aromatic heterocycles. The Hall–Kier alpha value is -0.860. The fourth-order valence-electron chi connectivity index (χ4n) is 5.01. The van der Waals surface area contributed by atoms with Crippen molar-refractivity contribution in [1.29, 1.82) is 0 Å². The van der Waals surface area contributed by atoms with Crippen LogP contribution in [0.4, 0.5) is 0 Å². The fraction of sp³-hybridized carbons (Fsp3) is 0.882. The predicted molar refractivity (Wildman–Crippen MR) is 78.2 cm³/mol. The molecule has 3 fully saturated rings. The van der Waals surface area contributed by atoms with Crippen LogP contribution in [0, 0.1) is 22.2 Å². The third-order valence-corrected chi connectivity index (χ3v) is 7.06. The summed E-state index contributed by atoms with van der Waals surface area (Å²) in [7, 11) is 0. The van der Waals surface area contributed by atoms with Crippen LogP contribution in [0.3, 0.4) is 0 Å². The van der Waals surface area contributed by atoms with Crippen LogP contribution < -0.4 is 0 Å². The number of likely N-dealkylation sites (tertiary alicyclic amines) is 1. The molecule has 3 heteroatoms. The topological polar surface area (TPSA) is 37.4 Å². The molecule has 112 valence electrons. The zero-order chi connectivity index (χ0) is 14.8. The molecule has 0 spiro atoms. The van der Waals surface area contributed by atoms with Crippen molar-refractivity contribution >= 4 is 11.7 Å². The highest BCUT2D eigenvalue weighted by Crippen LogP contribution is 2.71. The molecule has 3 atom stereocenters. The van der Waals surface area contributed by atoms with Crippen molar-refractivity contribution in [1.82, 2.24) is 4.90 Å². The molecule has 3 rings (SSSR count). The van der Waals surface area contributed by atoms with Crippen molar-refractivity contribution in [2.75, 3.05) is 13.1 Å². The van der Waals surface area contributed by atoms with Gasteiger partial charge in [0.1, 0.15) is 5.78 Å². The maximum absolute atomic E-state index is 13.2. The zero-order valence-corrected chi connectivity index (χ0v) is 13.3. The third kappa shape index (κ3) is 1.47. The van der Waals surface area contributed by atoms with Crippen LogP contribution in [0.25, 0.3) is 0 Å². The van der Waals surface area contributed by atoms with Gasteiger partial charge in [0.2, 0.25) is 5.91 Å². The minimum Gasteiger partial charge on any atom is -0.342 e. The van der Waals surface area contributed by atoms with E-state index < -0.39 is 5.41 Å². The third-order valence-electron chi connectivity index (χ3n) is 7.06. The normalized spacial score (nSPS) is 43.1. The molecule has 1 aliphatic heterocycles. The number of carbonyl (C=O) groups excluding carboxylic acids is 2. The minimum atomic E-state index is -0.421. The van der Waals surface area contributed by atoms with Gasteiger partial charge in [-0.05, 0) is 37.0 Å². The lowest BCUT2D eigenvalue weighted by Gasteiger charge is -2.43. The van der Waals surface area contributed by atoms with Crippen molar-refractivity contribution in [3.63, 3.8) is 0 Å². The Labute approximate surface area is 122 Å². The summed E-state index contributed by atoms with van der Waals surface area (Å²) in [4.78, 5) is 27.7. The van der Waals surface area contributed by atoms with Gasteiger partial charge < -0.3 is 4.90 Å². The SMILES string of the molecule is C[C@@H]1CCCN(C(=O)[C@]23CC[C@](C)(C(=O)C2)C3(C)C)C1. The van der Waals surface area contributed by atoms with E-state index in [2.05, 4.69) is 32.6 Å². The number of fused-ring (bicyclic) bond motifs is 2. The quantitative estimate of drug-likeness (QED) is 0.739. The Bertz CT molecular complexity index is 470. The van der Waals surface area contributed by atoms with E-state index in [1.807, 2.05) is 0 Å². The summed E-state index contributed by atoms with van der Waals surface area (Å²) in [6, 6.07) is 0. The van der Waals surface area contributed by atoms with Gasteiger partial charge in [-0.15, -0.1) is 0 Å². The lowest BCUT2D eigenvalue weighted by molar-refractivity contribution is -0.149. The average molecular weight is 277 g/mol. The van der Waals surface area contributed by atoms with Gasteiger partial charge in [0, 0.05) is 24.9 Å². The molecule has 20 heavy (non-hydrogen) atoms. The first-order valence-corrected chi connectivity index (χ1v) is 8.07. The molecular weight excluding hydrogens is 250 g/mol. The monoisotopic (exact) mass is 277 g/mol. The van der Waals surface area contributed by atoms with Crippen molar-refractivity contribution in [2.24, 2.45) is 22.2 Å². The zero-order valence-electron chi connectivity index (χ0n) is 13.3. The molecule has 1 saturated heterocycles. The highest BCUT2D eigenvalue weighted by Gasteiger charge is 2.73. The minimum absolute atomic E-state index is 0.200. The summed E-state index contributed by atoms with van der Waals surface area (Å²) in [6.45, 7) is 10.4. The number of nitrogens with zero attached hydrogens (tertiary/aromatic N) is 1. The van der Waals surface area contributed by atoms with Crippen molar-refractivity contribution in [3.05, 3.63) is 0 Å². The van der Waals surface area contributed by atoms with Gasteiger partial charge in [-0.3, -0.25) is 9.59 Å². The summed E-state index contributed by atoms with van der Waals surface area (Å²) >= 11 is 0. The number of amides is 1. The van der Waals surface area contributed by atoms with E-state index in [4.69, 9.17) is 0 Å². The van der Waals surface area contributed by atoms with E-state index in [-0.39, 0.29) is 16.7 Å². The molecule has 0 N–H and O–H groups in total. The predicted octanol–water partition coefficient (Wildman–Crippen LogP) is 3.03. The molecule has 3 nitrogen and oxygen atoms in total. The fourth-order valence-corrected chi connectivity index (χ4v) is 5.01. The number of rotatable bonds is 1. The molecule has 0 aromatic rings. The molecule has 3 aliphatic rings. The molecule has 2 saturated carbocycles. The van der Waals surface area contributed by atoms with Crippen molar-refractivity contribution in [2.45, 2.75) is 59.8 Å². The van der Waals surface area contributed by atoms with Gasteiger partial charge in [-0.25, -0.2) is 0 Å². The molecule has 0 aromatic carbocycles. The average Bonchev–Trinajstić information content (AvgIpc) is 2.68. The van der Waals surface area contributed by atoms with Crippen LogP contribution in [-0.4, -0.2) is 29.7 Å². The van der Waals surface area contributed by atoms with Crippen molar-refractivity contribution < 1.29 is 9.59 Å². The Balaban J connectivity index is 1.93. The highest BCUT2D eigenvalue weighted by atomic mass is 16.2. The van der Waals surface area contributed by atoms with Crippen LogP contribution in [0.15, 0.2) is 0 Å². The first-order chi connectivity index (χ1) is 9.24. The Morgan fingerprint density at radius 1 is 1.25 bits per heavy atom. The van der Waals surface area contributed by atoms with E-state index in [9.17, 15) is 9.59 Å². The standard InChI is InChI=1S/C17H27NO2/c1-12-6-5-9-18(11-12)14(20)17-8-7-16(4,13(19)10-17)15(17,2)3/h12H,5-11H2,1-4H3/t12-,16-,17+/m1/s1. The van der Waals surface area contributed by atoms with Crippen LogP contribution in [0.2, 0.25) is 0 Å². The molecule has 2 bridgehead atoms. The molecule has 1 amide bonds. The van der Waals surface area contributed by atoms with E-state index in [1.165, 1.54) is 6.42 Å². The second-order valence-corrected chi connectivity index (χ2v) is 8.14. The maximum Gasteiger partial charge on any atom is 0.229 e. The van der Waals surface area contributed by atoms with Crippen LogP contribution in [-0.2, 0) is 9.59 Å². The highest BCUT2D eigenvalue weighted by molar-refractivity contribution is 5.99. The Morgan fingerprint density at radius 3 is 2.45 bits per heavy atom. The number of hydrogen-bond acceptors (Lipinski definition) is 2. The maximum atomic E-state index is 13.2. The largest absolute Gasteiger partial charge is 0.342 e. The van der Waals surface area contributed by atoms with Gasteiger partial charge in [0.25, 0.3) is 0 Å². The summed E-state index contributed by atoms with van der Waals surface area (Å²) in [5, 5.41) is 0. The summed E-state index contributed by atoms with van der Waals surface area (Å²) < 4.78 is 0. The number of piperidine rings is 1. The second kappa shape index (κ2) is 4.08. The number of ketones is 1. The molecular formula is C17H27NO2. The number of Topliss-reactive ketones (excluding diaryl/α,β-unsaturated/α-hetero) is 1. The van der Waals surface area contributed by atoms with Gasteiger partial charge in [-0.2, -0.15) is 0 Å². The number of carbonyl (C=O) groups is 2. The Kier molecular flexibility index (Phi) is 2.88. The molecule has 1 heterocycles. The van der Waals surface area contributed by atoms with Crippen molar-refractivity contribution in [3.8, 4) is 0 Å². The summed E-state index contributed by atoms with van der Waals surface area (Å²) in [5.74, 6) is 1.17. The second-order valence-electron chi connectivity index (χ2n) is 8.14. The van der Waals surface area contributed by atoms with Gasteiger partial charge in [0.05, 0.1) is 5.41 Å². The van der Waals surface area contributed by atoms with Gasteiger partial charge in [0.15, 0.2) is 0 Å². The molecule has 2 aliphatic carbocycles. The first kappa shape index (κ1) is 14.1.